The lowest BCUT2D eigenvalue weighted by atomic mass is 9.90. The summed E-state index contributed by atoms with van der Waals surface area (Å²) in [5.41, 5.74) is 1.51. The van der Waals surface area contributed by atoms with E-state index >= 15 is 0 Å². The first-order valence-corrected chi connectivity index (χ1v) is 16.8. The van der Waals surface area contributed by atoms with E-state index in [-0.39, 0.29) is 36.3 Å². The van der Waals surface area contributed by atoms with Gasteiger partial charge < -0.3 is 29.8 Å². The number of furan rings is 1. The van der Waals surface area contributed by atoms with Gasteiger partial charge >= 0.3 is 11.9 Å². The molecule has 3 atom stereocenters. The average molecular weight is 707 g/mol. The Labute approximate surface area is 297 Å². The minimum absolute atomic E-state index is 0.0368. The largest absolute Gasteiger partial charge is 0.469 e. The lowest BCUT2D eigenvalue weighted by Crippen LogP contribution is -2.48. The van der Waals surface area contributed by atoms with Crippen molar-refractivity contribution >= 4 is 36.1 Å². The van der Waals surface area contributed by atoms with E-state index in [1.54, 1.807) is 18.2 Å². The van der Waals surface area contributed by atoms with E-state index in [1.807, 2.05) is 37.3 Å². The molecule has 0 saturated heterocycles. The summed E-state index contributed by atoms with van der Waals surface area (Å²) >= 11 is 0. The van der Waals surface area contributed by atoms with Crippen LogP contribution in [0.1, 0.15) is 78.8 Å². The number of benzene rings is 2. The normalized spacial score (nSPS) is 12.5. The van der Waals surface area contributed by atoms with Gasteiger partial charge in [-0.25, -0.2) is 9.86 Å². The molecule has 0 fully saturated rings. The van der Waals surface area contributed by atoms with Crippen LogP contribution in [0.4, 0.5) is 0 Å². The van der Waals surface area contributed by atoms with Gasteiger partial charge in [-0.2, -0.15) is 0 Å². The van der Waals surface area contributed by atoms with Gasteiger partial charge in [0.05, 0.1) is 39.3 Å². The van der Waals surface area contributed by atoms with E-state index in [1.165, 1.54) is 23.3 Å². The molecule has 14 nitrogen and oxygen atoms in total. The van der Waals surface area contributed by atoms with Crippen molar-refractivity contribution < 1.29 is 47.5 Å². The van der Waals surface area contributed by atoms with Gasteiger partial charge in [0.25, 0.3) is 11.8 Å². The zero-order valence-electron chi connectivity index (χ0n) is 29.3. The van der Waals surface area contributed by atoms with E-state index in [9.17, 15) is 28.8 Å². The molecule has 0 unspecified atom stereocenters. The number of nitrogens with zero attached hydrogens (tertiary/aromatic N) is 1. The molecule has 3 rings (SSSR count). The predicted molar refractivity (Wildman–Crippen MR) is 185 cm³/mol. The third-order valence-electron chi connectivity index (χ3n) is 8.13. The standard InChI is InChI=1S/C37H46N4O10/c1-5-7-9-17-28(30(6-2)41(24-42)50-22-25-13-10-8-11-14-25)35(45)38-23-39-36(46)32-19-18-31(51-32)26-15-12-16-27(20-26)34(44)40-29(37(47)49-4)21-33(43)48-3/h8,10-16,18-20,24,28-30H,5-7,9,17,21-23H2,1-4H3,(H,38,45)(H,39,46)(H,40,44)/t28-,29+,30-/m1/s1. The highest BCUT2D eigenvalue weighted by Gasteiger charge is 2.32. The summed E-state index contributed by atoms with van der Waals surface area (Å²) in [6.45, 7) is 3.93. The molecule has 0 saturated carbocycles. The van der Waals surface area contributed by atoms with Crippen LogP contribution in [0, 0.1) is 5.92 Å². The fraction of sp³-hybridized carbons (Fsp3) is 0.405. The summed E-state index contributed by atoms with van der Waals surface area (Å²) in [4.78, 5) is 81.0. The van der Waals surface area contributed by atoms with E-state index in [4.69, 9.17) is 9.25 Å². The number of carbonyl (C=O) groups is 6. The van der Waals surface area contributed by atoms with Crippen molar-refractivity contribution in [2.45, 2.75) is 71.1 Å². The number of methoxy groups -OCH3 is 2. The van der Waals surface area contributed by atoms with Crippen LogP contribution in [0.15, 0.2) is 71.1 Å². The van der Waals surface area contributed by atoms with Gasteiger partial charge in [-0.1, -0.05) is 75.6 Å². The fourth-order valence-corrected chi connectivity index (χ4v) is 5.37. The van der Waals surface area contributed by atoms with Gasteiger partial charge in [0.2, 0.25) is 12.3 Å². The number of unbranched alkanes of at least 4 members (excludes halogenated alkanes) is 2. The Morgan fingerprint density at radius 2 is 1.65 bits per heavy atom. The van der Waals surface area contributed by atoms with Crippen molar-refractivity contribution in [3.05, 3.63) is 83.6 Å². The maximum Gasteiger partial charge on any atom is 0.328 e. The fourth-order valence-electron chi connectivity index (χ4n) is 5.37. The van der Waals surface area contributed by atoms with Crippen LogP contribution in [-0.2, 0) is 40.1 Å². The highest BCUT2D eigenvalue weighted by Crippen LogP contribution is 2.24. The van der Waals surface area contributed by atoms with Gasteiger partial charge in [0, 0.05) is 11.1 Å². The van der Waals surface area contributed by atoms with Crippen molar-refractivity contribution in [1.82, 2.24) is 21.0 Å². The summed E-state index contributed by atoms with van der Waals surface area (Å²) in [5.74, 6) is -3.41. The molecular formula is C37H46N4O10. The maximum absolute atomic E-state index is 13.5. The smallest absolute Gasteiger partial charge is 0.328 e. The Kier molecular flexibility index (Phi) is 16.4. The van der Waals surface area contributed by atoms with Crippen molar-refractivity contribution in [3.63, 3.8) is 0 Å². The minimum atomic E-state index is -1.26. The van der Waals surface area contributed by atoms with Crippen molar-refractivity contribution in [2.24, 2.45) is 5.92 Å². The SMILES string of the molecule is CCCCC[C@@H](C(=O)NCNC(=O)c1ccc(-c2cccc(C(=O)N[C@@H](CC(=O)OC)C(=O)OC)c2)o1)[C@@H](CC)N(C=O)OCc1ccccc1. The highest BCUT2D eigenvalue weighted by atomic mass is 16.7. The first-order valence-electron chi connectivity index (χ1n) is 16.8. The first-order chi connectivity index (χ1) is 24.6. The minimum Gasteiger partial charge on any atom is -0.469 e. The van der Waals surface area contributed by atoms with E-state index in [0.29, 0.717) is 24.8 Å². The van der Waals surface area contributed by atoms with Gasteiger partial charge in [0.1, 0.15) is 18.4 Å². The van der Waals surface area contributed by atoms with Gasteiger partial charge in [0.15, 0.2) is 5.76 Å². The number of rotatable bonds is 21. The molecule has 4 amide bonds. The molecule has 0 bridgehead atoms. The Hall–Kier alpha value is -5.50. The monoisotopic (exact) mass is 706 g/mol. The molecule has 1 heterocycles. The Morgan fingerprint density at radius 1 is 0.882 bits per heavy atom. The summed E-state index contributed by atoms with van der Waals surface area (Å²) < 4.78 is 15.0. The van der Waals surface area contributed by atoms with Crippen LogP contribution in [-0.4, -0.2) is 74.1 Å². The number of esters is 2. The number of hydrogen-bond acceptors (Lipinski definition) is 10. The second-order valence-electron chi connectivity index (χ2n) is 11.6. The Morgan fingerprint density at radius 3 is 2.31 bits per heavy atom. The van der Waals surface area contributed by atoms with Crippen molar-refractivity contribution in [1.29, 1.82) is 0 Å². The molecule has 274 valence electrons. The van der Waals surface area contributed by atoms with Gasteiger partial charge in [-0.05, 0) is 42.7 Å². The molecule has 3 N–H and O–H groups in total. The molecule has 0 aliphatic heterocycles. The Bertz CT molecular complexity index is 1610. The quantitative estimate of drug-likeness (QED) is 0.0479. The summed E-state index contributed by atoms with van der Waals surface area (Å²) in [5, 5.41) is 9.07. The summed E-state index contributed by atoms with van der Waals surface area (Å²) in [6.07, 6.45) is 3.84. The molecule has 1 aromatic heterocycles. The molecule has 0 aliphatic carbocycles. The van der Waals surface area contributed by atoms with Crippen LogP contribution in [0.25, 0.3) is 11.3 Å². The Balaban J connectivity index is 1.63. The molecular weight excluding hydrogens is 660 g/mol. The van der Waals surface area contributed by atoms with Gasteiger partial charge in [-0.3, -0.25) is 28.8 Å². The molecule has 14 heteroatoms. The third kappa shape index (κ3) is 12.1. The van der Waals surface area contributed by atoms with Crippen LogP contribution < -0.4 is 16.0 Å². The van der Waals surface area contributed by atoms with Crippen molar-refractivity contribution in [3.8, 4) is 11.3 Å². The van der Waals surface area contributed by atoms with Crippen molar-refractivity contribution in [2.75, 3.05) is 20.9 Å². The van der Waals surface area contributed by atoms with Crippen LogP contribution >= 0.6 is 0 Å². The zero-order valence-corrected chi connectivity index (χ0v) is 29.3. The second kappa shape index (κ2) is 20.9. The topological polar surface area (TPSA) is 183 Å². The molecule has 0 radical (unpaired) electrons. The summed E-state index contributed by atoms with van der Waals surface area (Å²) in [7, 11) is 2.30. The highest BCUT2D eigenvalue weighted by molar-refractivity contribution is 5.98. The molecule has 0 spiro atoms. The molecule has 2 aromatic carbocycles. The van der Waals surface area contributed by atoms with Crippen LogP contribution in [0.3, 0.4) is 0 Å². The maximum atomic E-state index is 13.5. The lowest BCUT2D eigenvalue weighted by molar-refractivity contribution is -0.200. The molecule has 0 aliphatic rings. The number of hydrogen-bond donors (Lipinski definition) is 3. The lowest BCUT2D eigenvalue weighted by Gasteiger charge is -2.32. The molecule has 3 aromatic rings. The predicted octanol–water partition coefficient (Wildman–Crippen LogP) is 4.15. The number of nitrogens with one attached hydrogen (secondary N) is 3. The van der Waals surface area contributed by atoms with E-state index < -0.39 is 48.2 Å². The van der Waals surface area contributed by atoms with Gasteiger partial charge in [-0.15, -0.1) is 0 Å². The number of hydroxylamine groups is 2. The molecule has 51 heavy (non-hydrogen) atoms. The van der Waals surface area contributed by atoms with Crippen LogP contribution in [0.2, 0.25) is 0 Å². The second-order valence-corrected chi connectivity index (χ2v) is 11.6. The first kappa shape index (κ1) is 39.9. The number of amides is 4. The average Bonchev–Trinajstić information content (AvgIpc) is 3.66. The summed E-state index contributed by atoms with van der Waals surface area (Å²) in [6, 6.07) is 16.9. The van der Waals surface area contributed by atoms with E-state index in [0.717, 1.165) is 39.0 Å². The number of carbonyl (C=O) groups excluding carboxylic acids is 6. The van der Waals surface area contributed by atoms with E-state index in [2.05, 4.69) is 32.3 Å². The third-order valence-corrected chi connectivity index (χ3v) is 8.13. The van der Waals surface area contributed by atoms with Crippen LogP contribution in [0.5, 0.6) is 0 Å². The number of ether oxygens (including phenoxy) is 2. The zero-order chi connectivity index (χ0) is 37.2.